The number of morpholine rings is 1. The van der Waals surface area contributed by atoms with Gasteiger partial charge in [-0.25, -0.2) is 0 Å². The van der Waals surface area contributed by atoms with Gasteiger partial charge < -0.3 is 23.9 Å². The molecule has 31 heavy (non-hydrogen) atoms. The Morgan fingerprint density at radius 1 is 1.03 bits per heavy atom. The Morgan fingerprint density at radius 3 is 2.52 bits per heavy atom. The molecule has 1 saturated heterocycles. The molecule has 1 N–H and O–H groups in total. The Morgan fingerprint density at radius 2 is 1.77 bits per heavy atom. The molecule has 3 heterocycles. The molecule has 0 aliphatic carbocycles. The molecule has 2 aromatic rings. The second-order valence-corrected chi connectivity index (χ2v) is 7.91. The number of nitrogens with zero attached hydrogens (tertiary/aromatic N) is 2. The number of hydrogen-bond acceptors (Lipinski definition) is 7. The van der Waals surface area contributed by atoms with Gasteiger partial charge in [0.15, 0.2) is 17.3 Å². The monoisotopic (exact) mass is 429 g/mol. The van der Waals surface area contributed by atoms with Crippen molar-refractivity contribution in [1.29, 1.82) is 0 Å². The SMILES string of the molecule is COc1cc2c(cc1OC)CN(Cc1ccc(C(=O)NCCN3CCOCC3)o1)CC2. The summed E-state index contributed by atoms with van der Waals surface area (Å²) in [4.78, 5) is 17.0. The molecule has 1 aromatic carbocycles. The van der Waals surface area contributed by atoms with Crippen LogP contribution in [0.15, 0.2) is 28.7 Å². The number of furan rings is 1. The summed E-state index contributed by atoms with van der Waals surface area (Å²) >= 11 is 0. The summed E-state index contributed by atoms with van der Waals surface area (Å²) in [7, 11) is 3.31. The number of carbonyl (C=O) groups excluding carboxylic acids is 1. The molecule has 168 valence electrons. The summed E-state index contributed by atoms with van der Waals surface area (Å²) in [5.41, 5.74) is 2.52. The molecular weight excluding hydrogens is 398 g/mol. The number of hydrogen-bond donors (Lipinski definition) is 1. The second kappa shape index (κ2) is 10.2. The van der Waals surface area contributed by atoms with Crippen LogP contribution in [0.5, 0.6) is 11.5 Å². The molecule has 4 rings (SSSR count). The quantitative estimate of drug-likeness (QED) is 0.687. The summed E-state index contributed by atoms with van der Waals surface area (Å²) < 4.78 is 22.0. The van der Waals surface area contributed by atoms with Crippen molar-refractivity contribution < 1.29 is 23.4 Å². The predicted molar refractivity (Wildman–Crippen MR) is 116 cm³/mol. The molecule has 1 aromatic heterocycles. The lowest BCUT2D eigenvalue weighted by molar-refractivity contribution is 0.0382. The Balaban J connectivity index is 1.29. The Labute approximate surface area is 183 Å². The summed E-state index contributed by atoms with van der Waals surface area (Å²) in [6, 6.07) is 7.76. The molecule has 1 amide bonds. The fraction of sp³-hybridized carbons (Fsp3) is 0.522. The van der Waals surface area contributed by atoms with Gasteiger partial charge in [0, 0.05) is 39.3 Å². The highest BCUT2D eigenvalue weighted by Gasteiger charge is 2.21. The van der Waals surface area contributed by atoms with Gasteiger partial charge in [-0.05, 0) is 41.8 Å². The summed E-state index contributed by atoms with van der Waals surface area (Å²) in [6.07, 6.45) is 0.936. The molecule has 0 radical (unpaired) electrons. The van der Waals surface area contributed by atoms with Crippen molar-refractivity contribution in [2.45, 2.75) is 19.5 Å². The third-order valence-corrected chi connectivity index (χ3v) is 5.88. The first-order valence-corrected chi connectivity index (χ1v) is 10.8. The fourth-order valence-corrected chi connectivity index (χ4v) is 4.12. The van der Waals surface area contributed by atoms with Gasteiger partial charge >= 0.3 is 0 Å². The van der Waals surface area contributed by atoms with Crippen molar-refractivity contribution >= 4 is 5.91 Å². The number of rotatable bonds is 8. The Bertz CT molecular complexity index is 891. The van der Waals surface area contributed by atoms with Crippen LogP contribution in [0.4, 0.5) is 0 Å². The van der Waals surface area contributed by atoms with Gasteiger partial charge in [0.1, 0.15) is 5.76 Å². The van der Waals surface area contributed by atoms with Crippen molar-refractivity contribution in [3.05, 3.63) is 46.9 Å². The molecule has 8 heteroatoms. The fourth-order valence-electron chi connectivity index (χ4n) is 4.12. The van der Waals surface area contributed by atoms with Crippen LogP contribution < -0.4 is 14.8 Å². The van der Waals surface area contributed by atoms with Gasteiger partial charge in [0.2, 0.25) is 0 Å². The van der Waals surface area contributed by atoms with Crippen LogP contribution in [0.2, 0.25) is 0 Å². The molecule has 0 bridgehead atoms. The molecule has 0 atom stereocenters. The Kier molecular flexibility index (Phi) is 7.11. The van der Waals surface area contributed by atoms with Crippen LogP contribution in [-0.2, 0) is 24.2 Å². The van der Waals surface area contributed by atoms with E-state index in [1.165, 1.54) is 11.1 Å². The number of nitrogens with one attached hydrogen (secondary N) is 1. The summed E-state index contributed by atoms with van der Waals surface area (Å²) in [6.45, 7) is 7.16. The molecule has 8 nitrogen and oxygen atoms in total. The zero-order chi connectivity index (χ0) is 21.6. The van der Waals surface area contributed by atoms with Gasteiger partial charge in [-0.2, -0.15) is 0 Å². The zero-order valence-corrected chi connectivity index (χ0v) is 18.3. The van der Waals surface area contributed by atoms with Crippen molar-refractivity contribution in [3.8, 4) is 11.5 Å². The highest BCUT2D eigenvalue weighted by atomic mass is 16.5. The first kappa shape index (κ1) is 21.7. The van der Waals surface area contributed by atoms with Crippen molar-refractivity contribution in [3.63, 3.8) is 0 Å². The minimum atomic E-state index is -0.166. The minimum absolute atomic E-state index is 0.166. The summed E-state index contributed by atoms with van der Waals surface area (Å²) in [5, 5.41) is 2.95. The highest BCUT2D eigenvalue weighted by Crippen LogP contribution is 2.33. The van der Waals surface area contributed by atoms with Gasteiger partial charge in [-0.15, -0.1) is 0 Å². The lowest BCUT2D eigenvalue weighted by atomic mass is 9.98. The van der Waals surface area contributed by atoms with Crippen molar-refractivity contribution in [2.75, 3.05) is 60.2 Å². The topological polar surface area (TPSA) is 76.4 Å². The van der Waals surface area contributed by atoms with Crippen LogP contribution in [0.1, 0.15) is 27.4 Å². The Hall–Kier alpha value is -2.55. The summed E-state index contributed by atoms with van der Waals surface area (Å²) in [5.74, 6) is 2.51. The molecular formula is C23H31N3O5. The largest absolute Gasteiger partial charge is 0.493 e. The van der Waals surface area contributed by atoms with E-state index >= 15 is 0 Å². The van der Waals surface area contributed by atoms with Crippen LogP contribution in [0.3, 0.4) is 0 Å². The van der Waals surface area contributed by atoms with Crippen LogP contribution >= 0.6 is 0 Å². The predicted octanol–water partition coefficient (Wildman–Crippen LogP) is 1.92. The van der Waals surface area contributed by atoms with Crippen LogP contribution in [0.25, 0.3) is 0 Å². The van der Waals surface area contributed by atoms with E-state index in [0.29, 0.717) is 18.8 Å². The second-order valence-electron chi connectivity index (χ2n) is 7.91. The van der Waals surface area contributed by atoms with E-state index in [1.54, 1.807) is 20.3 Å². The van der Waals surface area contributed by atoms with E-state index in [9.17, 15) is 4.79 Å². The van der Waals surface area contributed by atoms with E-state index in [2.05, 4.69) is 27.2 Å². The number of methoxy groups -OCH3 is 2. The van der Waals surface area contributed by atoms with Gasteiger partial charge in [0.05, 0.1) is 34.0 Å². The van der Waals surface area contributed by atoms with Crippen LogP contribution in [0, 0.1) is 0 Å². The van der Waals surface area contributed by atoms with E-state index in [4.69, 9.17) is 18.6 Å². The lowest BCUT2D eigenvalue weighted by Crippen LogP contribution is -2.41. The first-order valence-electron chi connectivity index (χ1n) is 10.8. The lowest BCUT2D eigenvalue weighted by Gasteiger charge is -2.28. The number of ether oxygens (including phenoxy) is 3. The average Bonchev–Trinajstić information content (AvgIpc) is 3.27. The van der Waals surface area contributed by atoms with Gasteiger partial charge in [-0.1, -0.05) is 0 Å². The van der Waals surface area contributed by atoms with Crippen molar-refractivity contribution in [2.24, 2.45) is 0 Å². The maximum absolute atomic E-state index is 12.4. The third-order valence-electron chi connectivity index (χ3n) is 5.88. The van der Waals surface area contributed by atoms with Gasteiger partial charge in [-0.3, -0.25) is 14.6 Å². The van der Waals surface area contributed by atoms with E-state index in [0.717, 1.165) is 69.6 Å². The number of carbonyl (C=O) groups is 1. The maximum Gasteiger partial charge on any atom is 0.287 e. The number of fused-ring (bicyclic) bond motifs is 1. The van der Waals surface area contributed by atoms with Crippen molar-refractivity contribution in [1.82, 2.24) is 15.1 Å². The third kappa shape index (κ3) is 5.39. The normalized spacial score (nSPS) is 17.2. The molecule has 0 unspecified atom stereocenters. The molecule has 0 spiro atoms. The van der Waals surface area contributed by atoms with Gasteiger partial charge in [0.25, 0.3) is 5.91 Å². The molecule has 1 fully saturated rings. The van der Waals surface area contributed by atoms with E-state index < -0.39 is 0 Å². The minimum Gasteiger partial charge on any atom is -0.493 e. The smallest absolute Gasteiger partial charge is 0.287 e. The van der Waals surface area contributed by atoms with Crippen LogP contribution in [-0.4, -0.2) is 75.9 Å². The average molecular weight is 430 g/mol. The number of benzene rings is 1. The van der Waals surface area contributed by atoms with E-state index in [1.807, 2.05) is 6.07 Å². The number of amides is 1. The molecule has 2 aliphatic heterocycles. The molecule has 2 aliphatic rings. The first-order chi connectivity index (χ1) is 15.2. The standard InChI is InChI=1S/C23H31N3O5/c1-28-21-13-17-5-7-26(15-18(17)14-22(21)29-2)16-19-3-4-20(31-19)23(27)24-6-8-25-9-11-30-12-10-25/h3-4,13-14H,5-12,15-16H2,1-2H3,(H,24,27). The maximum atomic E-state index is 12.4. The molecule has 0 saturated carbocycles. The highest BCUT2D eigenvalue weighted by molar-refractivity contribution is 5.91. The van der Waals surface area contributed by atoms with E-state index in [-0.39, 0.29) is 5.91 Å². The zero-order valence-electron chi connectivity index (χ0n) is 18.3.